The summed E-state index contributed by atoms with van der Waals surface area (Å²) in [7, 11) is 0. The van der Waals surface area contributed by atoms with Crippen molar-refractivity contribution in [1.82, 2.24) is 0 Å². The fraction of sp³-hybridized carbons (Fsp3) is 0.364. The summed E-state index contributed by atoms with van der Waals surface area (Å²) in [5.74, 6) is -0.840. The molecule has 0 heterocycles. The summed E-state index contributed by atoms with van der Waals surface area (Å²) in [6.45, 7) is 2.09. The standard InChI is InChI=1S/C11H14O2S/c1-3-4-8-5-6-10(14-2)9(7-8)11(12)13/h5-7H,3-4H2,1-2H3,(H,12,13). The Balaban J connectivity index is 3.07. The van der Waals surface area contributed by atoms with Crippen LogP contribution in [0.4, 0.5) is 0 Å². The molecule has 14 heavy (non-hydrogen) atoms. The van der Waals surface area contributed by atoms with Crippen LogP contribution < -0.4 is 0 Å². The molecule has 1 aromatic rings. The molecule has 3 heteroatoms. The smallest absolute Gasteiger partial charge is 0.336 e. The van der Waals surface area contributed by atoms with Gasteiger partial charge in [0.2, 0.25) is 0 Å². The Hall–Kier alpha value is -0.960. The number of carboxylic acids is 1. The predicted octanol–water partition coefficient (Wildman–Crippen LogP) is 3.06. The normalized spacial score (nSPS) is 10.1. The third kappa shape index (κ3) is 2.51. The second kappa shape index (κ2) is 5.05. The van der Waals surface area contributed by atoms with Crippen molar-refractivity contribution in [2.75, 3.05) is 6.26 Å². The molecule has 0 aliphatic heterocycles. The molecule has 2 nitrogen and oxygen atoms in total. The fourth-order valence-electron chi connectivity index (χ4n) is 1.37. The summed E-state index contributed by atoms with van der Waals surface area (Å²) in [5, 5.41) is 8.98. The van der Waals surface area contributed by atoms with Crippen LogP contribution in [0, 0.1) is 0 Å². The third-order valence-corrected chi connectivity index (χ3v) is 2.83. The number of hydrogen-bond acceptors (Lipinski definition) is 2. The van der Waals surface area contributed by atoms with Crippen LogP contribution in [0.15, 0.2) is 23.1 Å². The SMILES string of the molecule is CCCc1ccc(SC)c(C(=O)O)c1. The van der Waals surface area contributed by atoms with Crippen molar-refractivity contribution >= 4 is 17.7 Å². The summed E-state index contributed by atoms with van der Waals surface area (Å²) in [5.41, 5.74) is 1.52. The van der Waals surface area contributed by atoms with E-state index >= 15 is 0 Å². The lowest BCUT2D eigenvalue weighted by Gasteiger charge is -2.05. The van der Waals surface area contributed by atoms with Crippen LogP contribution >= 0.6 is 11.8 Å². The second-order valence-corrected chi connectivity index (χ2v) is 3.94. The number of aryl methyl sites for hydroxylation is 1. The van der Waals surface area contributed by atoms with E-state index in [4.69, 9.17) is 5.11 Å². The maximum absolute atomic E-state index is 10.9. The first kappa shape index (κ1) is 11.1. The molecule has 0 saturated heterocycles. The molecule has 0 saturated carbocycles. The van der Waals surface area contributed by atoms with Crippen LogP contribution in [0.25, 0.3) is 0 Å². The quantitative estimate of drug-likeness (QED) is 0.776. The summed E-state index contributed by atoms with van der Waals surface area (Å²) in [6.07, 6.45) is 3.87. The molecule has 0 amide bonds. The third-order valence-electron chi connectivity index (χ3n) is 2.03. The molecule has 1 aromatic carbocycles. The number of benzene rings is 1. The second-order valence-electron chi connectivity index (χ2n) is 3.09. The monoisotopic (exact) mass is 210 g/mol. The Labute approximate surface area is 88.3 Å². The van der Waals surface area contributed by atoms with Gasteiger partial charge in [-0.15, -0.1) is 11.8 Å². The molecule has 0 aromatic heterocycles. The van der Waals surface area contributed by atoms with Crippen molar-refractivity contribution in [3.8, 4) is 0 Å². The van der Waals surface area contributed by atoms with Gasteiger partial charge in [-0.2, -0.15) is 0 Å². The number of rotatable bonds is 4. The van der Waals surface area contributed by atoms with Crippen molar-refractivity contribution < 1.29 is 9.90 Å². The highest BCUT2D eigenvalue weighted by Crippen LogP contribution is 2.22. The number of thioether (sulfide) groups is 1. The van der Waals surface area contributed by atoms with Crippen LogP contribution in [0.3, 0.4) is 0 Å². The molecular formula is C11H14O2S. The van der Waals surface area contributed by atoms with Gasteiger partial charge in [-0.1, -0.05) is 19.4 Å². The Kier molecular flexibility index (Phi) is 4.01. The van der Waals surface area contributed by atoms with Gasteiger partial charge >= 0.3 is 5.97 Å². The lowest BCUT2D eigenvalue weighted by molar-refractivity contribution is 0.0693. The molecule has 0 fully saturated rings. The van der Waals surface area contributed by atoms with Crippen molar-refractivity contribution in [2.24, 2.45) is 0 Å². The van der Waals surface area contributed by atoms with E-state index in [1.54, 1.807) is 6.07 Å². The molecule has 0 bridgehead atoms. The minimum absolute atomic E-state index is 0.420. The zero-order chi connectivity index (χ0) is 10.6. The first-order chi connectivity index (χ1) is 6.69. The van der Waals surface area contributed by atoms with Gasteiger partial charge in [0.05, 0.1) is 5.56 Å². The van der Waals surface area contributed by atoms with E-state index in [9.17, 15) is 4.79 Å². The lowest BCUT2D eigenvalue weighted by Crippen LogP contribution is -2.00. The highest BCUT2D eigenvalue weighted by molar-refractivity contribution is 7.98. The van der Waals surface area contributed by atoms with E-state index in [0.29, 0.717) is 5.56 Å². The number of hydrogen-bond donors (Lipinski definition) is 1. The Morgan fingerprint density at radius 2 is 2.21 bits per heavy atom. The Bertz CT molecular complexity index is 334. The largest absolute Gasteiger partial charge is 0.478 e. The van der Waals surface area contributed by atoms with Gasteiger partial charge in [-0.3, -0.25) is 0 Å². The minimum atomic E-state index is -0.840. The van der Waals surface area contributed by atoms with Gasteiger partial charge in [0.25, 0.3) is 0 Å². The van der Waals surface area contributed by atoms with Gasteiger partial charge in [-0.25, -0.2) is 4.79 Å². The van der Waals surface area contributed by atoms with Gasteiger partial charge in [0, 0.05) is 4.90 Å². The lowest BCUT2D eigenvalue weighted by atomic mass is 10.1. The number of carbonyl (C=O) groups is 1. The van der Waals surface area contributed by atoms with E-state index in [1.807, 2.05) is 18.4 Å². The van der Waals surface area contributed by atoms with Crippen LogP contribution in [-0.2, 0) is 6.42 Å². The Morgan fingerprint density at radius 1 is 1.50 bits per heavy atom. The molecule has 0 atom stereocenters. The molecule has 0 aliphatic carbocycles. The summed E-state index contributed by atoms with van der Waals surface area (Å²) in [6, 6.07) is 5.67. The van der Waals surface area contributed by atoms with E-state index in [0.717, 1.165) is 23.3 Å². The first-order valence-corrected chi connectivity index (χ1v) is 5.81. The van der Waals surface area contributed by atoms with Gasteiger partial charge in [-0.05, 0) is 30.4 Å². The van der Waals surface area contributed by atoms with E-state index in [-0.39, 0.29) is 0 Å². The molecule has 76 valence electrons. The topological polar surface area (TPSA) is 37.3 Å². The highest BCUT2D eigenvalue weighted by Gasteiger charge is 2.09. The number of aromatic carboxylic acids is 1. The average Bonchev–Trinajstić information content (AvgIpc) is 2.18. The van der Waals surface area contributed by atoms with Crippen LogP contribution in [0.5, 0.6) is 0 Å². The minimum Gasteiger partial charge on any atom is -0.478 e. The summed E-state index contributed by atoms with van der Waals surface area (Å²) < 4.78 is 0. The van der Waals surface area contributed by atoms with Gasteiger partial charge < -0.3 is 5.11 Å². The molecule has 0 radical (unpaired) electrons. The van der Waals surface area contributed by atoms with Crippen molar-refractivity contribution in [1.29, 1.82) is 0 Å². The fourth-order valence-corrected chi connectivity index (χ4v) is 1.94. The molecule has 0 unspecified atom stereocenters. The average molecular weight is 210 g/mol. The van der Waals surface area contributed by atoms with E-state index in [2.05, 4.69) is 6.92 Å². The van der Waals surface area contributed by atoms with Crippen LogP contribution in [-0.4, -0.2) is 17.3 Å². The molecule has 0 aliphatic rings. The molecular weight excluding hydrogens is 196 g/mol. The van der Waals surface area contributed by atoms with Crippen LogP contribution in [0.1, 0.15) is 29.3 Å². The molecule has 0 spiro atoms. The van der Waals surface area contributed by atoms with Crippen LogP contribution in [0.2, 0.25) is 0 Å². The van der Waals surface area contributed by atoms with Gasteiger partial charge in [0.1, 0.15) is 0 Å². The maximum atomic E-state index is 10.9. The van der Waals surface area contributed by atoms with Crippen molar-refractivity contribution in [3.63, 3.8) is 0 Å². The number of carboxylic acid groups (broad SMARTS) is 1. The van der Waals surface area contributed by atoms with E-state index in [1.165, 1.54) is 11.8 Å². The van der Waals surface area contributed by atoms with Crippen molar-refractivity contribution in [3.05, 3.63) is 29.3 Å². The van der Waals surface area contributed by atoms with Crippen molar-refractivity contribution in [2.45, 2.75) is 24.7 Å². The van der Waals surface area contributed by atoms with E-state index < -0.39 is 5.97 Å². The highest BCUT2D eigenvalue weighted by atomic mass is 32.2. The first-order valence-electron chi connectivity index (χ1n) is 4.59. The zero-order valence-corrected chi connectivity index (χ0v) is 9.23. The maximum Gasteiger partial charge on any atom is 0.336 e. The zero-order valence-electron chi connectivity index (χ0n) is 8.41. The Morgan fingerprint density at radius 3 is 2.71 bits per heavy atom. The summed E-state index contributed by atoms with van der Waals surface area (Å²) in [4.78, 5) is 11.8. The molecule has 1 N–H and O–H groups in total. The van der Waals surface area contributed by atoms with Gasteiger partial charge in [0.15, 0.2) is 0 Å². The molecule has 1 rings (SSSR count). The predicted molar refractivity (Wildman–Crippen MR) is 59.2 cm³/mol. The summed E-state index contributed by atoms with van der Waals surface area (Å²) >= 11 is 1.47.